The van der Waals surface area contributed by atoms with Crippen LogP contribution in [0.5, 0.6) is 0 Å². The summed E-state index contributed by atoms with van der Waals surface area (Å²) in [4.78, 5) is 5.19. The van der Waals surface area contributed by atoms with Gasteiger partial charge >= 0.3 is 0 Å². The van der Waals surface area contributed by atoms with Gasteiger partial charge in [0.05, 0.1) is 0 Å². The molecule has 0 aromatic rings. The quantitative estimate of drug-likeness (QED) is 0.800. The van der Waals surface area contributed by atoms with Crippen molar-refractivity contribution in [1.82, 2.24) is 15.1 Å². The van der Waals surface area contributed by atoms with Crippen molar-refractivity contribution in [2.75, 3.05) is 53.4 Å². The van der Waals surface area contributed by atoms with Crippen molar-refractivity contribution in [3.05, 3.63) is 0 Å². The Morgan fingerprint density at radius 1 is 1.00 bits per heavy atom. The lowest BCUT2D eigenvalue weighted by atomic mass is 9.85. The van der Waals surface area contributed by atoms with Crippen LogP contribution in [-0.2, 0) is 0 Å². The molecule has 1 saturated carbocycles. The zero-order chi connectivity index (χ0) is 12.1. The van der Waals surface area contributed by atoms with Crippen LogP contribution >= 0.6 is 0 Å². The Bertz CT molecular complexity index is 224. The van der Waals surface area contributed by atoms with Crippen LogP contribution in [0.3, 0.4) is 0 Å². The molecule has 1 heterocycles. The highest BCUT2D eigenvalue weighted by Gasteiger charge is 2.35. The van der Waals surface area contributed by atoms with Crippen LogP contribution in [0.1, 0.15) is 32.1 Å². The van der Waals surface area contributed by atoms with Gasteiger partial charge in [0.1, 0.15) is 0 Å². The van der Waals surface area contributed by atoms with Crippen LogP contribution in [0.15, 0.2) is 0 Å². The molecule has 0 bridgehead atoms. The van der Waals surface area contributed by atoms with Gasteiger partial charge in [0.15, 0.2) is 0 Å². The molecule has 2 fully saturated rings. The standard InChI is InChI=1S/C14H29N3/c1-15-12-14(6-3-4-7-14)13-17-9-5-8-16(2)10-11-17/h15H,3-13H2,1-2H3. The molecule has 0 atom stereocenters. The summed E-state index contributed by atoms with van der Waals surface area (Å²) in [5, 5.41) is 3.43. The van der Waals surface area contributed by atoms with E-state index in [1.807, 2.05) is 0 Å². The van der Waals surface area contributed by atoms with E-state index in [0.717, 1.165) is 0 Å². The molecule has 1 saturated heterocycles. The number of nitrogens with zero attached hydrogens (tertiary/aromatic N) is 2. The Morgan fingerprint density at radius 3 is 2.47 bits per heavy atom. The minimum Gasteiger partial charge on any atom is -0.319 e. The predicted molar refractivity (Wildman–Crippen MR) is 73.4 cm³/mol. The second-order valence-corrected chi connectivity index (χ2v) is 6.17. The lowest BCUT2D eigenvalue weighted by Gasteiger charge is -2.35. The summed E-state index contributed by atoms with van der Waals surface area (Å²) in [5.41, 5.74) is 0.581. The minimum absolute atomic E-state index is 0.581. The van der Waals surface area contributed by atoms with Crippen molar-refractivity contribution in [2.45, 2.75) is 32.1 Å². The normalized spacial score (nSPS) is 27.2. The molecule has 1 aliphatic heterocycles. The molecule has 0 unspecified atom stereocenters. The van der Waals surface area contributed by atoms with E-state index in [1.165, 1.54) is 71.4 Å². The molecular formula is C14H29N3. The van der Waals surface area contributed by atoms with Gasteiger partial charge in [0, 0.05) is 26.2 Å². The van der Waals surface area contributed by atoms with E-state index < -0.39 is 0 Å². The van der Waals surface area contributed by atoms with Crippen LogP contribution in [0.25, 0.3) is 0 Å². The monoisotopic (exact) mass is 239 g/mol. The first-order valence-corrected chi connectivity index (χ1v) is 7.30. The maximum Gasteiger partial charge on any atom is 0.0109 e. The molecular weight excluding hydrogens is 210 g/mol. The number of hydrogen-bond acceptors (Lipinski definition) is 3. The molecule has 0 aromatic heterocycles. The molecule has 100 valence electrons. The third-order valence-electron chi connectivity index (χ3n) is 4.59. The lowest BCUT2D eigenvalue weighted by molar-refractivity contribution is 0.154. The van der Waals surface area contributed by atoms with E-state index in [-0.39, 0.29) is 0 Å². The Balaban J connectivity index is 1.88. The summed E-state index contributed by atoms with van der Waals surface area (Å²) in [5.74, 6) is 0. The van der Waals surface area contributed by atoms with Gasteiger partial charge in [-0.3, -0.25) is 0 Å². The average Bonchev–Trinajstić information content (AvgIpc) is 2.65. The number of rotatable bonds is 4. The number of hydrogen-bond donors (Lipinski definition) is 1. The first-order chi connectivity index (χ1) is 8.24. The Morgan fingerprint density at radius 2 is 1.76 bits per heavy atom. The van der Waals surface area contributed by atoms with Gasteiger partial charge in [-0.25, -0.2) is 0 Å². The second-order valence-electron chi connectivity index (χ2n) is 6.17. The highest BCUT2D eigenvalue weighted by atomic mass is 15.2. The molecule has 0 radical (unpaired) electrons. The van der Waals surface area contributed by atoms with Gasteiger partial charge in [-0.05, 0) is 51.9 Å². The third kappa shape index (κ3) is 3.67. The van der Waals surface area contributed by atoms with Crippen molar-refractivity contribution in [3.8, 4) is 0 Å². The van der Waals surface area contributed by atoms with Crippen molar-refractivity contribution in [3.63, 3.8) is 0 Å². The lowest BCUT2D eigenvalue weighted by Crippen LogP contribution is -2.43. The average molecular weight is 239 g/mol. The molecule has 2 aliphatic rings. The Kier molecular flexibility index (Phi) is 4.83. The summed E-state index contributed by atoms with van der Waals surface area (Å²) in [7, 11) is 4.36. The fraction of sp³-hybridized carbons (Fsp3) is 1.00. The summed E-state index contributed by atoms with van der Waals surface area (Å²) in [6.07, 6.45) is 7.08. The van der Waals surface area contributed by atoms with E-state index >= 15 is 0 Å². The summed E-state index contributed by atoms with van der Waals surface area (Å²) >= 11 is 0. The van der Waals surface area contributed by atoms with Crippen LogP contribution in [0, 0.1) is 5.41 Å². The van der Waals surface area contributed by atoms with Crippen molar-refractivity contribution in [2.24, 2.45) is 5.41 Å². The van der Waals surface area contributed by atoms with Gasteiger partial charge < -0.3 is 15.1 Å². The van der Waals surface area contributed by atoms with Gasteiger partial charge in [-0.1, -0.05) is 12.8 Å². The molecule has 0 spiro atoms. The molecule has 1 N–H and O–H groups in total. The van der Waals surface area contributed by atoms with Crippen LogP contribution in [0.4, 0.5) is 0 Å². The SMILES string of the molecule is CNCC1(CN2CCCN(C)CC2)CCCC1. The van der Waals surface area contributed by atoms with Crippen LogP contribution in [0.2, 0.25) is 0 Å². The number of nitrogens with one attached hydrogen (secondary N) is 1. The Hall–Kier alpha value is -0.120. The summed E-state index contributed by atoms with van der Waals surface area (Å²) in [6.45, 7) is 7.62. The maximum absolute atomic E-state index is 3.43. The van der Waals surface area contributed by atoms with Crippen molar-refractivity contribution < 1.29 is 0 Å². The topological polar surface area (TPSA) is 18.5 Å². The molecule has 17 heavy (non-hydrogen) atoms. The van der Waals surface area contributed by atoms with Crippen LogP contribution in [-0.4, -0.2) is 63.2 Å². The fourth-order valence-electron chi connectivity index (χ4n) is 3.62. The molecule has 0 aromatic carbocycles. The van der Waals surface area contributed by atoms with Crippen molar-refractivity contribution in [1.29, 1.82) is 0 Å². The molecule has 2 rings (SSSR count). The van der Waals surface area contributed by atoms with E-state index in [1.54, 1.807) is 0 Å². The molecule has 3 nitrogen and oxygen atoms in total. The summed E-state index contributed by atoms with van der Waals surface area (Å²) < 4.78 is 0. The van der Waals surface area contributed by atoms with E-state index in [9.17, 15) is 0 Å². The zero-order valence-corrected chi connectivity index (χ0v) is 11.7. The smallest absolute Gasteiger partial charge is 0.0109 e. The molecule has 1 aliphatic carbocycles. The minimum atomic E-state index is 0.581. The Labute approximate surface area is 107 Å². The predicted octanol–water partition coefficient (Wildman–Crippen LogP) is 1.40. The second kappa shape index (κ2) is 6.17. The van der Waals surface area contributed by atoms with Gasteiger partial charge in [0.2, 0.25) is 0 Å². The van der Waals surface area contributed by atoms with E-state index in [4.69, 9.17) is 0 Å². The van der Waals surface area contributed by atoms with Gasteiger partial charge in [0.25, 0.3) is 0 Å². The van der Waals surface area contributed by atoms with Crippen LogP contribution < -0.4 is 5.32 Å². The number of likely N-dealkylation sites (N-methyl/N-ethyl adjacent to an activating group) is 1. The maximum atomic E-state index is 3.43. The fourth-order valence-corrected chi connectivity index (χ4v) is 3.62. The highest BCUT2D eigenvalue weighted by Crippen LogP contribution is 2.38. The first kappa shape index (κ1) is 13.3. The largest absolute Gasteiger partial charge is 0.319 e. The van der Waals surface area contributed by atoms with Crippen molar-refractivity contribution >= 4 is 0 Å². The third-order valence-corrected chi connectivity index (χ3v) is 4.59. The van der Waals surface area contributed by atoms with E-state index in [0.29, 0.717) is 5.41 Å². The molecule has 0 amide bonds. The van der Waals surface area contributed by atoms with Gasteiger partial charge in [-0.15, -0.1) is 0 Å². The van der Waals surface area contributed by atoms with Gasteiger partial charge in [-0.2, -0.15) is 0 Å². The zero-order valence-electron chi connectivity index (χ0n) is 11.7. The first-order valence-electron chi connectivity index (χ1n) is 7.30. The van der Waals surface area contributed by atoms with E-state index in [2.05, 4.69) is 29.2 Å². The molecule has 3 heteroatoms. The highest BCUT2D eigenvalue weighted by molar-refractivity contribution is 4.89. The summed E-state index contributed by atoms with van der Waals surface area (Å²) in [6, 6.07) is 0.